The molecule has 2 nitrogen and oxygen atoms in total. The number of likely N-dealkylation sites (N-methyl/N-ethyl adjacent to an activating group) is 1. The van der Waals surface area contributed by atoms with Crippen LogP contribution in [0.5, 0.6) is 0 Å². The number of H-pyrrole nitrogens is 1. The molecule has 2 rings (SSSR count). The first-order chi connectivity index (χ1) is 7.47. The molecule has 0 bridgehead atoms. The van der Waals surface area contributed by atoms with Gasteiger partial charge in [-0.15, -0.1) is 0 Å². The van der Waals surface area contributed by atoms with Gasteiger partial charge in [0.1, 0.15) is 0 Å². The zero-order valence-corrected chi connectivity index (χ0v) is 13.2. The van der Waals surface area contributed by atoms with Gasteiger partial charge < -0.3 is 33.4 Å². The van der Waals surface area contributed by atoms with Crippen molar-refractivity contribution in [3.63, 3.8) is 0 Å². The van der Waals surface area contributed by atoms with Crippen molar-refractivity contribution in [2.45, 2.75) is 13.3 Å². The van der Waals surface area contributed by atoms with Crippen LogP contribution >= 0.6 is 0 Å². The molecule has 1 N–H and O–H groups in total. The van der Waals surface area contributed by atoms with Gasteiger partial charge >= 0.3 is 0 Å². The van der Waals surface area contributed by atoms with E-state index in [1.54, 1.807) is 0 Å². The smallest absolute Gasteiger partial charge is 0.0822 e. The lowest BCUT2D eigenvalue weighted by molar-refractivity contribution is -0.870. The summed E-state index contributed by atoms with van der Waals surface area (Å²) in [6.07, 6.45) is 1.14. The summed E-state index contributed by atoms with van der Waals surface area (Å²) in [5.74, 6) is 0. The van der Waals surface area contributed by atoms with Gasteiger partial charge in [-0.05, 0) is 18.6 Å². The second-order valence-corrected chi connectivity index (χ2v) is 5.54. The van der Waals surface area contributed by atoms with Gasteiger partial charge in [-0.3, -0.25) is 0 Å². The minimum absolute atomic E-state index is 0. The Labute approximate surface area is 121 Å². The second-order valence-electron chi connectivity index (χ2n) is 5.54. The van der Waals surface area contributed by atoms with E-state index in [2.05, 4.69) is 57.3 Å². The Morgan fingerprint density at radius 2 is 1.76 bits per heavy atom. The third-order valence-electron chi connectivity index (χ3n) is 3.06. The quantitative estimate of drug-likeness (QED) is 0.583. The van der Waals surface area contributed by atoms with Gasteiger partial charge in [0, 0.05) is 23.0 Å². The Morgan fingerprint density at radius 3 is 2.41 bits per heavy atom. The number of benzene rings is 1. The van der Waals surface area contributed by atoms with Crippen molar-refractivity contribution in [1.29, 1.82) is 0 Å². The number of hydrogen-bond donors (Lipinski definition) is 1. The number of nitrogens with one attached hydrogen (secondary N) is 1. The molecule has 0 radical (unpaired) electrons. The maximum absolute atomic E-state index is 3.46. The fourth-order valence-corrected chi connectivity index (χ4v) is 2.10. The fraction of sp³-hybridized carbons (Fsp3) is 0.429. The molecule has 0 unspecified atom stereocenters. The number of hydrogen-bond acceptors (Lipinski definition) is 0. The number of aryl methyl sites for hydroxylation is 1. The van der Waals surface area contributed by atoms with Crippen molar-refractivity contribution in [2.24, 2.45) is 0 Å². The molecular formula is C14H21IN2. The van der Waals surface area contributed by atoms with Crippen LogP contribution in [0.4, 0.5) is 0 Å². The zero-order valence-electron chi connectivity index (χ0n) is 11.0. The Hall–Kier alpha value is -0.550. The molecule has 0 aliphatic rings. The largest absolute Gasteiger partial charge is 1.00 e. The summed E-state index contributed by atoms with van der Waals surface area (Å²) >= 11 is 0. The molecule has 0 spiro atoms. The molecule has 0 amide bonds. The van der Waals surface area contributed by atoms with Gasteiger partial charge in [-0.2, -0.15) is 0 Å². The van der Waals surface area contributed by atoms with Gasteiger partial charge in [0.05, 0.1) is 27.7 Å². The third-order valence-corrected chi connectivity index (χ3v) is 3.06. The summed E-state index contributed by atoms with van der Waals surface area (Å²) in [4.78, 5) is 3.46. The average molecular weight is 344 g/mol. The summed E-state index contributed by atoms with van der Waals surface area (Å²) < 4.78 is 1.01. The first kappa shape index (κ1) is 14.5. The van der Waals surface area contributed by atoms with Crippen LogP contribution in [0.2, 0.25) is 0 Å². The molecule has 0 saturated heterocycles. The normalized spacial score (nSPS) is 11.5. The van der Waals surface area contributed by atoms with E-state index in [1.807, 2.05) is 0 Å². The van der Waals surface area contributed by atoms with Crippen LogP contribution < -0.4 is 24.0 Å². The Kier molecular flexibility index (Phi) is 4.61. The molecule has 17 heavy (non-hydrogen) atoms. The lowest BCUT2D eigenvalue weighted by atomic mass is 10.1. The third kappa shape index (κ3) is 3.45. The van der Waals surface area contributed by atoms with Crippen LogP contribution in [0.3, 0.4) is 0 Å². The van der Waals surface area contributed by atoms with Crippen molar-refractivity contribution in [1.82, 2.24) is 4.98 Å². The molecule has 1 aromatic heterocycles. The highest BCUT2D eigenvalue weighted by Gasteiger charge is 2.12. The maximum Gasteiger partial charge on any atom is 0.0822 e. The van der Waals surface area contributed by atoms with E-state index in [4.69, 9.17) is 0 Å². The van der Waals surface area contributed by atoms with Crippen molar-refractivity contribution in [3.05, 3.63) is 35.5 Å². The van der Waals surface area contributed by atoms with Crippen molar-refractivity contribution >= 4 is 10.9 Å². The zero-order chi connectivity index (χ0) is 11.8. The highest BCUT2D eigenvalue weighted by Crippen LogP contribution is 2.22. The number of halogens is 1. The molecule has 0 aliphatic heterocycles. The number of rotatable bonds is 3. The predicted octanol–water partition coefficient (Wildman–Crippen LogP) is -0.271. The Morgan fingerprint density at radius 1 is 1.12 bits per heavy atom. The van der Waals surface area contributed by atoms with Gasteiger partial charge in [0.15, 0.2) is 0 Å². The van der Waals surface area contributed by atoms with Gasteiger partial charge in [0.25, 0.3) is 0 Å². The molecule has 94 valence electrons. The molecule has 2 aromatic rings. The number of nitrogens with zero attached hydrogens (tertiary/aromatic N) is 1. The first-order valence-corrected chi connectivity index (χ1v) is 5.84. The summed E-state index contributed by atoms with van der Waals surface area (Å²) in [6, 6.07) is 8.56. The van der Waals surface area contributed by atoms with E-state index >= 15 is 0 Å². The number of para-hydroxylation sites is 1. The minimum Gasteiger partial charge on any atom is -1.00 e. The van der Waals surface area contributed by atoms with Crippen LogP contribution in [-0.2, 0) is 6.42 Å². The van der Waals surface area contributed by atoms with Crippen LogP contribution in [0.15, 0.2) is 24.3 Å². The van der Waals surface area contributed by atoms with E-state index in [0.29, 0.717) is 0 Å². The topological polar surface area (TPSA) is 15.8 Å². The standard InChI is InChI=1S/C14H21N2.HI/c1-11-12(9-10-16(2,3)4)13-7-5-6-8-14(13)15-11;/h5-8,15H,9-10H2,1-4H3;1H/q+1;/p-1. The molecule has 1 aromatic carbocycles. The molecule has 3 heteroatoms. The predicted molar refractivity (Wildman–Crippen MR) is 69.6 cm³/mol. The van der Waals surface area contributed by atoms with Crippen LogP contribution in [0, 0.1) is 6.92 Å². The van der Waals surface area contributed by atoms with E-state index in [9.17, 15) is 0 Å². The number of fused-ring (bicyclic) bond motifs is 1. The lowest BCUT2D eigenvalue weighted by Crippen LogP contribution is -3.00. The van der Waals surface area contributed by atoms with Crippen LogP contribution in [0.25, 0.3) is 10.9 Å². The van der Waals surface area contributed by atoms with E-state index < -0.39 is 0 Å². The molecule has 0 saturated carbocycles. The lowest BCUT2D eigenvalue weighted by Gasteiger charge is -2.23. The van der Waals surface area contributed by atoms with Gasteiger partial charge in [0.2, 0.25) is 0 Å². The SMILES string of the molecule is Cc1[nH]c2ccccc2c1CC[N+](C)(C)C.[I-]. The molecular weight excluding hydrogens is 323 g/mol. The first-order valence-electron chi connectivity index (χ1n) is 5.84. The summed E-state index contributed by atoms with van der Waals surface area (Å²) in [5, 5.41) is 1.38. The molecule has 0 aliphatic carbocycles. The molecule has 1 heterocycles. The highest BCUT2D eigenvalue weighted by atomic mass is 127. The van der Waals surface area contributed by atoms with Crippen LogP contribution in [-0.4, -0.2) is 37.2 Å². The van der Waals surface area contributed by atoms with Crippen molar-refractivity contribution in [3.8, 4) is 0 Å². The van der Waals surface area contributed by atoms with E-state index in [0.717, 1.165) is 10.9 Å². The number of aromatic nitrogens is 1. The van der Waals surface area contributed by atoms with Crippen molar-refractivity contribution < 1.29 is 28.5 Å². The summed E-state index contributed by atoms with van der Waals surface area (Å²) in [7, 11) is 6.72. The fourth-order valence-electron chi connectivity index (χ4n) is 2.10. The number of quaternary nitrogens is 1. The van der Waals surface area contributed by atoms with Crippen molar-refractivity contribution in [2.75, 3.05) is 27.7 Å². The van der Waals surface area contributed by atoms with Gasteiger partial charge in [-0.1, -0.05) is 18.2 Å². The van der Waals surface area contributed by atoms with E-state index in [1.165, 1.54) is 28.7 Å². The highest BCUT2D eigenvalue weighted by molar-refractivity contribution is 5.84. The Balaban J connectivity index is 0.00000144. The van der Waals surface area contributed by atoms with Crippen LogP contribution in [0.1, 0.15) is 11.3 Å². The summed E-state index contributed by atoms with van der Waals surface area (Å²) in [5.41, 5.74) is 4.05. The Bertz CT molecular complexity index is 494. The van der Waals surface area contributed by atoms with Gasteiger partial charge in [-0.25, -0.2) is 0 Å². The summed E-state index contributed by atoms with van der Waals surface area (Å²) in [6.45, 7) is 3.34. The molecule has 0 atom stereocenters. The second kappa shape index (κ2) is 5.40. The number of aromatic amines is 1. The van der Waals surface area contributed by atoms with E-state index in [-0.39, 0.29) is 24.0 Å². The monoisotopic (exact) mass is 344 g/mol. The minimum atomic E-state index is 0. The maximum atomic E-state index is 3.46. The average Bonchev–Trinajstić information content (AvgIpc) is 2.49. The molecule has 0 fully saturated rings.